The van der Waals surface area contributed by atoms with Crippen molar-refractivity contribution in [3.8, 4) is 0 Å². The maximum atomic E-state index is 13.0. The Morgan fingerprint density at radius 1 is 1.04 bits per heavy atom. The summed E-state index contributed by atoms with van der Waals surface area (Å²) < 4.78 is 45.1. The van der Waals surface area contributed by atoms with Gasteiger partial charge in [0, 0.05) is 39.3 Å². The molecule has 3 fully saturated rings. The molecule has 2 saturated heterocycles. The highest BCUT2D eigenvalue weighted by Crippen LogP contribution is 2.33. The lowest BCUT2D eigenvalue weighted by atomic mass is 9.88. The fourth-order valence-corrected chi connectivity index (χ4v) is 5.23. The molecule has 0 radical (unpaired) electrons. The molecule has 28 heavy (non-hydrogen) atoms. The van der Waals surface area contributed by atoms with E-state index in [2.05, 4.69) is 9.80 Å². The molecule has 0 N–H and O–H groups in total. The number of likely N-dealkylation sites (tertiary alicyclic amines) is 1. The first-order valence-corrected chi connectivity index (χ1v) is 10.7. The van der Waals surface area contributed by atoms with Crippen LogP contribution in [0, 0.1) is 5.92 Å². The molecule has 0 bridgehead atoms. The number of alkyl halides is 3. The molecule has 1 aromatic carbocycles. The number of halogens is 3. The average molecular weight is 396 g/mol. The van der Waals surface area contributed by atoms with Crippen molar-refractivity contribution in [3.63, 3.8) is 0 Å². The SMILES string of the molecule is FC(F)(F)c1cccc(CN2CCC3(C2)CN(CC2CCCCC2)CCO3)c1. The van der Waals surface area contributed by atoms with Gasteiger partial charge in [0.25, 0.3) is 0 Å². The lowest BCUT2D eigenvalue weighted by Crippen LogP contribution is -2.54. The highest BCUT2D eigenvalue weighted by atomic mass is 19.4. The Balaban J connectivity index is 1.34. The molecule has 1 aromatic rings. The highest BCUT2D eigenvalue weighted by Gasteiger charge is 2.43. The van der Waals surface area contributed by atoms with Gasteiger partial charge < -0.3 is 4.74 Å². The molecule has 156 valence electrons. The van der Waals surface area contributed by atoms with Crippen molar-refractivity contribution >= 4 is 0 Å². The van der Waals surface area contributed by atoms with Crippen LogP contribution >= 0.6 is 0 Å². The van der Waals surface area contributed by atoms with Crippen LogP contribution in [0.1, 0.15) is 49.7 Å². The number of rotatable bonds is 4. The molecule has 3 aliphatic rings. The summed E-state index contributed by atoms with van der Waals surface area (Å²) in [7, 11) is 0. The van der Waals surface area contributed by atoms with E-state index >= 15 is 0 Å². The van der Waals surface area contributed by atoms with Gasteiger partial charge in [0.1, 0.15) is 0 Å². The predicted octanol–water partition coefficient (Wildman–Crippen LogP) is 4.56. The normalized spacial score (nSPS) is 28.2. The van der Waals surface area contributed by atoms with Crippen LogP contribution in [0.4, 0.5) is 13.2 Å². The maximum absolute atomic E-state index is 13.0. The molecular formula is C22H31F3N2O. The van der Waals surface area contributed by atoms with E-state index in [0.29, 0.717) is 6.54 Å². The van der Waals surface area contributed by atoms with Gasteiger partial charge >= 0.3 is 6.18 Å². The molecular weight excluding hydrogens is 365 g/mol. The van der Waals surface area contributed by atoms with Crippen LogP contribution in [-0.2, 0) is 17.5 Å². The summed E-state index contributed by atoms with van der Waals surface area (Å²) in [6, 6.07) is 5.72. The maximum Gasteiger partial charge on any atom is 0.416 e. The Labute approximate surface area is 165 Å². The topological polar surface area (TPSA) is 15.7 Å². The molecule has 6 heteroatoms. The van der Waals surface area contributed by atoms with E-state index in [-0.39, 0.29) is 5.60 Å². The van der Waals surface area contributed by atoms with Gasteiger partial charge in [-0.05, 0) is 36.8 Å². The summed E-state index contributed by atoms with van der Waals surface area (Å²) in [6.45, 7) is 6.16. The van der Waals surface area contributed by atoms with E-state index in [0.717, 1.165) is 56.8 Å². The van der Waals surface area contributed by atoms with Gasteiger partial charge in [-0.1, -0.05) is 37.5 Å². The molecule has 0 aromatic heterocycles. The molecule has 1 spiro atoms. The van der Waals surface area contributed by atoms with Crippen LogP contribution < -0.4 is 0 Å². The van der Waals surface area contributed by atoms with Gasteiger partial charge in [0.2, 0.25) is 0 Å². The first-order chi connectivity index (χ1) is 13.4. The third kappa shape index (κ3) is 4.89. The van der Waals surface area contributed by atoms with Crippen molar-refractivity contribution in [2.45, 2.75) is 56.8 Å². The van der Waals surface area contributed by atoms with Crippen LogP contribution in [-0.4, -0.2) is 54.7 Å². The van der Waals surface area contributed by atoms with Crippen LogP contribution in [0.15, 0.2) is 24.3 Å². The largest absolute Gasteiger partial charge is 0.416 e. The molecule has 4 rings (SSSR count). The third-order valence-electron chi connectivity index (χ3n) is 6.62. The molecule has 1 saturated carbocycles. The summed E-state index contributed by atoms with van der Waals surface area (Å²) in [4.78, 5) is 4.83. The van der Waals surface area contributed by atoms with Crippen LogP contribution in [0.2, 0.25) is 0 Å². The second kappa shape index (κ2) is 8.33. The minimum atomic E-state index is -4.28. The van der Waals surface area contributed by atoms with E-state index < -0.39 is 11.7 Å². The lowest BCUT2D eigenvalue weighted by molar-refractivity contribution is -0.137. The quantitative estimate of drug-likeness (QED) is 0.742. The van der Waals surface area contributed by atoms with Gasteiger partial charge in [-0.15, -0.1) is 0 Å². The Morgan fingerprint density at radius 2 is 1.82 bits per heavy atom. The zero-order chi connectivity index (χ0) is 19.6. The van der Waals surface area contributed by atoms with Crippen LogP contribution in [0.5, 0.6) is 0 Å². The molecule has 1 unspecified atom stereocenters. The smallest absolute Gasteiger partial charge is 0.371 e. The standard InChI is InChI=1S/C22H31F3N2O/c23-22(24,25)20-8-4-7-19(13-20)15-26-10-9-21(16-26)17-27(11-12-28-21)14-18-5-2-1-3-6-18/h4,7-8,13,18H,1-3,5-6,9-12,14-17H2. The highest BCUT2D eigenvalue weighted by molar-refractivity contribution is 5.25. The molecule has 1 atom stereocenters. The monoisotopic (exact) mass is 396 g/mol. The van der Waals surface area contributed by atoms with Gasteiger partial charge in [-0.2, -0.15) is 13.2 Å². The van der Waals surface area contributed by atoms with Crippen molar-refractivity contribution in [2.24, 2.45) is 5.92 Å². The number of morpholine rings is 1. The van der Waals surface area contributed by atoms with Gasteiger partial charge in [0.05, 0.1) is 17.8 Å². The number of benzene rings is 1. The summed E-state index contributed by atoms with van der Waals surface area (Å²) in [5.74, 6) is 0.825. The number of nitrogens with zero attached hydrogens (tertiary/aromatic N) is 2. The Bertz CT molecular complexity index is 659. The molecule has 2 aliphatic heterocycles. The van der Waals surface area contributed by atoms with E-state index in [1.54, 1.807) is 6.07 Å². The summed E-state index contributed by atoms with van der Waals surface area (Å²) in [5, 5.41) is 0. The van der Waals surface area contributed by atoms with E-state index in [1.165, 1.54) is 50.8 Å². The van der Waals surface area contributed by atoms with Crippen LogP contribution in [0.25, 0.3) is 0 Å². The number of ether oxygens (including phenoxy) is 1. The van der Waals surface area contributed by atoms with Crippen molar-refractivity contribution in [1.82, 2.24) is 9.80 Å². The van der Waals surface area contributed by atoms with Gasteiger partial charge in [-0.25, -0.2) is 0 Å². The Kier molecular flexibility index (Phi) is 6.00. The molecule has 3 nitrogen and oxygen atoms in total. The van der Waals surface area contributed by atoms with Gasteiger partial charge in [0.15, 0.2) is 0 Å². The van der Waals surface area contributed by atoms with Crippen molar-refractivity contribution in [3.05, 3.63) is 35.4 Å². The molecule has 2 heterocycles. The van der Waals surface area contributed by atoms with Crippen molar-refractivity contribution in [1.29, 1.82) is 0 Å². The minimum absolute atomic E-state index is 0.144. The van der Waals surface area contributed by atoms with E-state index in [9.17, 15) is 13.2 Å². The van der Waals surface area contributed by atoms with Crippen LogP contribution in [0.3, 0.4) is 0 Å². The van der Waals surface area contributed by atoms with Crippen molar-refractivity contribution < 1.29 is 17.9 Å². The fraction of sp³-hybridized carbons (Fsp3) is 0.727. The second-order valence-corrected chi connectivity index (χ2v) is 8.93. The first kappa shape index (κ1) is 20.2. The lowest BCUT2D eigenvalue weighted by Gasteiger charge is -2.42. The Morgan fingerprint density at radius 3 is 2.61 bits per heavy atom. The van der Waals surface area contributed by atoms with E-state index in [4.69, 9.17) is 4.74 Å². The minimum Gasteiger partial charge on any atom is -0.371 e. The average Bonchev–Trinajstić information content (AvgIpc) is 3.04. The van der Waals surface area contributed by atoms with E-state index in [1.807, 2.05) is 0 Å². The zero-order valence-corrected chi connectivity index (χ0v) is 16.5. The van der Waals surface area contributed by atoms with Gasteiger partial charge in [-0.3, -0.25) is 9.80 Å². The molecule has 0 amide bonds. The van der Waals surface area contributed by atoms with Crippen molar-refractivity contribution in [2.75, 3.05) is 39.3 Å². The second-order valence-electron chi connectivity index (χ2n) is 8.93. The number of hydrogen-bond donors (Lipinski definition) is 0. The molecule has 1 aliphatic carbocycles. The number of hydrogen-bond acceptors (Lipinski definition) is 3. The Hall–Kier alpha value is -1.11. The fourth-order valence-electron chi connectivity index (χ4n) is 5.23. The first-order valence-electron chi connectivity index (χ1n) is 10.7. The third-order valence-corrected chi connectivity index (χ3v) is 6.62. The summed E-state index contributed by atoms with van der Waals surface area (Å²) >= 11 is 0. The summed E-state index contributed by atoms with van der Waals surface area (Å²) in [6.07, 6.45) is 3.50. The predicted molar refractivity (Wildman–Crippen MR) is 103 cm³/mol. The summed E-state index contributed by atoms with van der Waals surface area (Å²) in [5.41, 5.74) is 0.0161. The zero-order valence-electron chi connectivity index (χ0n) is 16.5.